The molecule has 1 aromatic heterocycles. The quantitative estimate of drug-likeness (QED) is 0.720. The van der Waals surface area contributed by atoms with Gasteiger partial charge in [-0.05, 0) is 25.7 Å². The van der Waals surface area contributed by atoms with Gasteiger partial charge in [-0.25, -0.2) is 4.98 Å². The van der Waals surface area contributed by atoms with Gasteiger partial charge in [-0.3, -0.25) is 4.79 Å². The first-order valence-corrected chi connectivity index (χ1v) is 5.02. The fraction of sp³-hybridized carbons (Fsp3) is 0.600. The molecule has 0 bridgehead atoms. The Labute approximate surface area is 82.6 Å². The van der Waals surface area contributed by atoms with Crippen LogP contribution < -0.4 is 0 Å². The maximum Gasteiger partial charge on any atom is 0.323 e. The molecule has 0 radical (unpaired) electrons. The molecule has 1 aromatic rings. The number of aromatic nitrogens is 2. The summed E-state index contributed by atoms with van der Waals surface area (Å²) in [6.07, 6.45) is 7.19. The molecule has 4 nitrogen and oxygen atoms in total. The lowest BCUT2D eigenvalue weighted by Crippen LogP contribution is -2.11. The fourth-order valence-corrected chi connectivity index (χ4v) is 1.99. The molecule has 2 rings (SSSR count). The number of aliphatic carboxylic acids is 1. The van der Waals surface area contributed by atoms with E-state index >= 15 is 0 Å². The molecule has 0 saturated heterocycles. The topological polar surface area (TPSA) is 55.1 Å². The highest BCUT2D eigenvalue weighted by atomic mass is 16.4. The average Bonchev–Trinajstić information content (AvgIpc) is 2.37. The van der Waals surface area contributed by atoms with Crippen LogP contribution in [0.2, 0.25) is 0 Å². The molecular weight excluding hydrogens is 180 g/mol. The molecule has 0 atom stereocenters. The van der Waals surface area contributed by atoms with Crippen LogP contribution in [-0.2, 0) is 24.2 Å². The zero-order valence-electron chi connectivity index (χ0n) is 8.07. The molecule has 76 valence electrons. The van der Waals surface area contributed by atoms with E-state index in [1.807, 2.05) is 0 Å². The summed E-state index contributed by atoms with van der Waals surface area (Å²) in [5.74, 6) is -0.797. The van der Waals surface area contributed by atoms with Crippen molar-refractivity contribution >= 4 is 5.97 Å². The molecular formula is C10H14N2O2. The van der Waals surface area contributed by atoms with Gasteiger partial charge in [0, 0.05) is 5.69 Å². The minimum absolute atomic E-state index is 0.0440. The van der Waals surface area contributed by atoms with Gasteiger partial charge in [-0.2, -0.15) is 0 Å². The lowest BCUT2D eigenvalue weighted by Gasteiger charge is -2.04. The van der Waals surface area contributed by atoms with Crippen LogP contribution in [0, 0.1) is 0 Å². The summed E-state index contributed by atoms with van der Waals surface area (Å²) < 4.78 is 1.77. The molecule has 0 saturated carbocycles. The lowest BCUT2D eigenvalue weighted by atomic mass is 10.2. The molecule has 0 aliphatic heterocycles. The molecule has 0 amide bonds. The predicted molar refractivity (Wildman–Crippen MR) is 51.1 cm³/mol. The molecule has 1 heterocycles. The first-order valence-electron chi connectivity index (χ1n) is 5.02. The number of carboxylic acids is 1. The van der Waals surface area contributed by atoms with Gasteiger partial charge in [-0.15, -0.1) is 0 Å². The molecule has 1 N–H and O–H groups in total. The van der Waals surface area contributed by atoms with Gasteiger partial charge in [0.15, 0.2) is 0 Å². The van der Waals surface area contributed by atoms with Gasteiger partial charge in [0.05, 0.1) is 12.0 Å². The summed E-state index contributed by atoms with van der Waals surface area (Å²) in [7, 11) is 0. The van der Waals surface area contributed by atoms with Crippen LogP contribution in [0.4, 0.5) is 0 Å². The zero-order valence-corrected chi connectivity index (χ0v) is 8.07. The van der Waals surface area contributed by atoms with E-state index in [9.17, 15) is 4.79 Å². The summed E-state index contributed by atoms with van der Waals surface area (Å²) in [6, 6.07) is 0. The standard InChI is InChI=1S/C10H14N2O2/c13-10(14)6-12-7-11-8-4-2-1-3-5-9(8)12/h7H,1-6H2,(H,13,14). The maximum absolute atomic E-state index is 10.6. The third-order valence-corrected chi connectivity index (χ3v) is 2.67. The molecule has 14 heavy (non-hydrogen) atoms. The van der Waals surface area contributed by atoms with Gasteiger partial charge in [-0.1, -0.05) is 6.42 Å². The summed E-state index contributed by atoms with van der Waals surface area (Å²) >= 11 is 0. The summed E-state index contributed by atoms with van der Waals surface area (Å²) in [4.78, 5) is 14.9. The smallest absolute Gasteiger partial charge is 0.323 e. The Morgan fingerprint density at radius 3 is 3.00 bits per heavy atom. The van der Waals surface area contributed by atoms with Crippen molar-refractivity contribution < 1.29 is 9.90 Å². The fourth-order valence-electron chi connectivity index (χ4n) is 1.99. The van der Waals surface area contributed by atoms with Crippen molar-refractivity contribution in [2.24, 2.45) is 0 Å². The van der Waals surface area contributed by atoms with E-state index in [-0.39, 0.29) is 6.54 Å². The minimum Gasteiger partial charge on any atom is -0.480 e. The Morgan fingerprint density at radius 2 is 2.21 bits per heavy atom. The average molecular weight is 194 g/mol. The molecule has 4 heteroatoms. The number of hydrogen-bond donors (Lipinski definition) is 1. The Kier molecular flexibility index (Phi) is 2.52. The van der Waals surface area contributed by atoms with E-state index < -0.39 is 5.97 Å². The third kappa shape index (κ3) is 1.78. The van der Waals surface area contributed by atoms with E-state index in [1.165, 1.54) is 12.8 Å². The van der Waals surface area contributed by atoms with Crippen molar-refractivity contribution in [2.75, 3.05) is 0 Å². The highest BCUT2D eigenvalue weighted by Crippen LogP contribution is 2.19. The van der Waals surface area contributed by atoms with E-state index in [0.717, 1.165) is 30.7 Å². The minimum atomic E-state index is -0.797. The molecule has 0 fully saturated rings. The normalized spacial score (nSPS) is 16.0. The summed E-state index contributed by atoms with van der Waals surface area (Å²) in [5, 5.41) is 8.71. The Morgan fingerprint density at radius 1 is 1.43 bits per heavy atom. The number of rotatable bonds is 2. The largest absolute Gasteiger partial charge is 0.480 e. The van der Waals surface area contributed by atoms with Crippen LogP contribution in [0.15, 0.2) is 6.33 Å². The molecule has 1 aliphatic rings. The van der Waals surface area contributed by atoms with Crippen LogP contribution in [0.1, 0.15) is 30.7 Å². The Hall–Kier alpha value is -1.32. The van der Waals surface area contributed by atoms with E-state index in [1.54, 1.807) is 10.9 Å². The van der Waals surface area contributed by atoms with E-state index in [4.69, 9.17) is 5.11 Å². The number of imidazole rings is 1. The molecule has 0 unspecified atom stereocenters. The number of hydrogen-bond acceptors (Lipinski definition) is 2. The Balaban J connectivity index is 2.24. The predicted octanol–water partition coefficient (Wildman–Crippen LogP) is 1.24. The van der Waals surface area contributed by atoms with Crippen molar-refractivity contribution in [1.29, 1.82) is 0 Å². The lowest BCUT2D eigenvalue weighted by molar-refractivity contribution is -0.137. The van der Waals surface area contributed by atoms with Crippen molar-refractivity contribution in [1.82, 2.24) is 9.55 Å². The summed E-state index contributed by atoms with van der Waals surface area (Å²) in [5.41, 5.74) is 2.23. The van der Waals surface area contributed by atoms with E-state index in [2.05, 4.69) is 4.98 Å². The van der Waals surface area contributed by atoms with Crippen LogP contribution in [0.5, 0.6) is 0 Å². The second-order valence-corrected chi connectivity index (χ2v) is 3.72. The number of fused-ring (bicyclic) bond motifs is 1. The second-order valence-electron chi connectivity index (χ2n) is 3.72. The van der Waals surface area contributed by atoms with Crippen molar-refractivity contribution in [3.63, 3.8) is 0 Å². The van der Waals surface area contributed by atoms with Crippen molar-refractivity contribution in [3.8, 4) is 0 Å². The van der Waals surface area contributed by atoms with Crippen molar-refractivity contribution in [2.45, 2.75) is 38.6 Å². The monoisotopic (exact) mass is 194 g/mol. The number of aryl methyl sites for hydroxylation is 1. The molecule has 0 aromatic carbocycles. The van der Waals surface area contributed by atoms with Gasteiger partial charge in [0.25, 0.3) is 0 Å². The maximum atomic E-state index is 10.6. The highest BCUT2D eigenvalue weighted by molar-refractivity contribution is 5.66. The Bertz CT molecular complexity index is 344. The SMILES string of the molecule is O=C(O)Cn1cnc2c1CCCCC2. The van der Waals surface area contributed by atoms with E-state index in [0.29, 0.717) is 0 Å². The van der Waals surface area contributed by atoms with Crippen LogP contribution in [0.3, 0.4) is 0 Å². The second kappa shape index (κ2) is 3.82. The number of carbonyl (C=O) groups is 1. The summed E-state index contributed by atoms with van der Waals surface area (Å²) in [6.45, 7) is 0.0440. The number of carboxylic acid groups (broad SMARTS) is 1. The first kappa shape index (κ1) is 9.24. The van der Waals surface area contributed by atoms with Crippen molar-refractivity contribution in [3.05, 3.63) is 17.7 Å². The van der Waals surface area contributed by atoms with Crippen LogP contribution in [0.25, 0.3) is 0 Å². The zero-order chi connectivity index (χ0) is 9.97. The van der Waals surface area contributed by atoms with Gasteiger partial charge < -0.3 is 9.67 Å². The van der Waals surface area contributed by atoms with Gasteiger partial charge >= 0.3 is 5.97 Å². The van der Waals surface area contributed by atoms with Gasteiger partial charge in [0.1, 0.15) is 6.54 Å². The molecule has 0 spiro atoms. The highest BCUT2D eigenvalue weighted by Gasteiger charge is 2.14. The third-order valence-electron chi connectivity index (χ3n) is 2.67. The van der Waals surface area contributed by atoms with Gasteiger partial charge in [0.2, 0.25) is 0 Å². The molecule has 1 aliphatic carbocycles. The van der Waals surface area contributed by atoms with Crippen LogP contribution in [-0.4, -0.2) is 20.6 Å². The first-order chi connectivity index (χ1) is 6.77. The number of nitrogens with zero attached hydrogens (tertiary/aromatic N) is 2. The van der Waals surface area contributed by atoms with Crippen LogP contribution >= 0.6 is 0 Å².